The van der Waals surface area contributed by atoms with Gasteiger partial charge >= 0.3 is 0 Å². The Bertz CT molecular complexity index is 802. The molecule has 0 saturated carbocycles. The van der Waals surface area contributed by atoms with E-state index in [1.165, 1.54) is 0 Å². The summed E-state index contributed by atoms with van der Waals surface area (Å²) < 4.78 is 7.87. The minimum Gasteiger partial charge on any atom is -0.287 e. The maximum Gasteiger partial charge on any atom is 0.214 e. The first-order valence-corrected chi connectivity index (χ1v) is 6.17. The molecular formula is C12H4N4O2S. The minimum absolute atomic E-state index is 0.0592. The standard InChI is InChI=1S/C12H4N4O2S/c17-9-5-3-1-2-4-6(5)10(18)8-7(9)13-11-12(14-8)16-19-15-11/h1-4H. The first kappa shape index (κ1) is 10.4. The molecule has 90 valence electrons. The van der Waals surface area contributed by atoms with E-state index in [1.54, 1.807) is 24.3 Å². The summed E-state index contributed by atoms with van der Waals surface area (Å²) in [5, 5.41) is 0. The highest BCUT2D eigenvalue weighted by atomic mass is 32.1. The Kier molecular flexibility index (Phi) is 1.91. The van der Waals surface area contributed by atoms with E-state index >= 15 is 0 Å². The summed E-state index contributed by atoms with van der Waals surface area (Å²) in [5.74, 6) is -0.597. The molecule has 0 N–H and O–H groups in total. The van der Waals surface area contributed by atoms with Crippen LogP contribution in [0.3, 0.4) is 0 Å². The molecule has 0 fully saturated rings. The van der Waals surface area contributed by atoms with E-state index in [-0.39, 0.29) is 23.0 Å². The minimum atomic E-state index is -0.299. The summed E-state index contributed by atoms with van der Waals surface area (Å²) in [7, 11) is 0. The molecule has 0 amide bonds. The SMILES string of the molecule is O=C1c2ccccc2C(=O)c2nc3nsnc3nc21. The molecule has 0 aliphatic heterocycles. The van der Waals surface area contributed by atoms with Gasteiger partial charge in [-0.1, -0.05) is 24.3 Å². The average Bonchev–Trinajstić information content (AvgIpc) is 2.90. The molecule has 1 aliphatic rings. The third-order valence-electron chi connectivity index (χ3n) is 2.96. The molecule has 1 aliphatic carbocycles. The van der Waals surface area contributed by atoms with Crippen molar-refractivity contribution in [2.45, 2.75) is 0 Å². The smallest absolute Gasteiger partial charge is 0.214 e. The van der Waals surface area contributed by atoms with Gasteiger partial charge in [0.25, 0.3) is 0 Å². The van der Waals surface area contributed by atoms with Gasteiger partial charge in [-0.2, -0.15) is 8.75 Å². The van der Waals surface area contributed by atoms with Crippen molar-refractivity contribution in [3.8, 4) is 0 Å². The lowest BCUT2D eigenvalue weighted by molar-refractivity contribution is 0.0972. The van der Waals surface area contributed by atoms with Crippen molar-refractivity contribution >= 4 is 34.6 Å². The topological polar surface area (TPSA) is 85.7 Å². The molecule has 2 aromatic heterocycles. The third kappa shape index (κ3) is 1.30. The molecule has 6 nitrogen and oxygen atoms in total. The number of hydrogen-bond donors (Lipinski definition) is 0. The van der Waals surface area contributed by atoms with Crippen molar-refractivity contribution in [2.24, 2.45) is 0 Å². The Morgan fingerprint density at radius 1 is 0.789 bits per heavy atom. The van der Waals surface area contributed by atoms with Gasteiger partial charge in [-0.05, 0) is 0 Å². The van der Waals surface area contributed by atoms with E-state index in [2.05, 4.69) is 18.7 Å². The zero-order valence-electron chi connectivity index (χ0n) is 9.32. The molecule has 0 unspecified atom stereocenters. The van der Waals surface area contributed by atoms with Crippen LogP contribution in [0.25, 0.3) is 11.3 Å². The number of hydrogen-bond acceptors (Lipinski definition) is 7. The van der Waals surface area contributed by atoms with Crippen molar-refractivity contribution in [3.63, 3.8) is 0 Å². The fourth-order valence-corrected chi connectivity index (χ4v) is 2.53. The molecule has 0 bridgehead atoms. The Labute approximate surface area is 110 Å². The van der Waals surface area contributed by atoms with Crippen LogP contribution in [0.15, 0.2) is 24.3 Å². The van der Waals surface area contributed by atoms with Crippen LogP contribution in [-0.4, -0.2) is 30.3 Å². The van der Waals surface area contributed by atoms with Crippen molar-refractivity contribution in [1.82, 2.24) is 18.7 Å². The molecule has 7 heteroatoms. The third-order valence-corrected chi connectivity index (χ3v) is 3.47. The van der Waals surface area contributed by atoms with Gasteiger partial charge in [0, 0.05) is 11.1 Å². The monoisotopic (exact) mass is 268 g/mol. The first-order valence-electron chi connectivity index (χ1n) is 5.44. The van der Waals surface area contributed by atoms with Gasteiger partial charge in [0.15, 0.2) is 0 Å². The molecule has 0 saturated heterocycles. The van der Waals surface area contributed by atoms with Crippen LogP contribution in [0.1, 0.15) is 32.1 Å². The second kappa shape index (κ2) is 3.48. The predicted octanol–water partition coefficient (Wildman–Crippen LogP) is 1.26. The van der Waals surface area contributed by atoms with Gasteiger partial charge in [-0.3, -0.25) is 9.59 Å². The van der Waals surface area contributed by atoms with Crippen LogP contribution < -0.4 is 0 Å². The number of rotatable bonds is 0. The zero-order valence-corrected chi connectivity index (χ0v) is 10.1. The van der Waals surface area contributed by atoms with Crippen LogP contribution in [0.5, 0.6) is 0 Å². The van der Waals surface area contributed by atoms with Gasteiger partial charge < -0.3 is 0 Å². The molecule has 2 heterocycles. The summed E-state index contributed by atoms with van der Waals surface area (Å²) >= 11 is 0.950. The van der Waals surface area contributed by atoms with Crippen LogP contribution in [0.2, 0.25) is 0 Å². The Hall–Kier alpha value is -2.54. The van der Waals surface area contributed by atoms with Crippen LogP contribution in [0.4, 0.5) is 0 Å². The van der Waals surface area contributed by atoms with Crippen LogP contribution in [0, 0.1) is 0 Å². The summed E-state index contributed by atoms with van der Waals surface area (Å²) in [6, 6.07) is 6.66. The largest absolute Gasteiger partial charge is 0.287 e. The molecular weight excluding hydrogens is 264 g/mol. The van der Waals surface area contributed by atoms with Crippen molar-refractivity contribution in [3.05, 3.63) is 46.8 Å². The quantitative estimate of drug-likeness (QED) is 0.477. The van der Waals surface area contributed by atoms with E-state index in [0.29, 0.717) is 22.4 Å². The first-order chi connectivity index (χ1) is 9.25. The van der Waals surface area contributed by atoms with E-state index in [1.807, 2.05) is 0 Å². The van der Waals surface area contributed by atoms with Crippen molar-refractivity contribution in [1.29, 1.82) is 0 Å². The number of benzene rings is 1. The fraction of sp³-hybridized carbons (Fsp3) is 0. The maximum absolute atomic E-state index is 12.3. The molecule has 0 radical (unpaired) electrons. The van der Waals surface area contributed by atoms with Gasteiger partial charge in [-0.25, -0.2) is 9.97 Å². The highest BCUT2D eigenvalue weighted by Gasteiger charge is 2.32. The number of carbonyl (C=O) groups is 2. The number of fused-ring (bicyclic) bond motifs is 3. The van der Waals surface area contributed by atoms with Gasteiger partial charge in [-0.15, -0.1) is 0 Å². The zero-order chi connectivity index (χ0) is 13.0. The van der Waals surface area contributed by atoms with E-state index < -0.39 is 0 Å². The van der Waals surface area contributed by atoms with Crippen molar-refractivity contribution in [2.75, 3.05) is 0 Å². The molecule has 19 heavy (non-hydrogen) atoms. The number of carbonyl (C=O) groups excluding carboxylic acids is 2. The van der Waals surface area contributed by atoms with Crippen molar-refractivity contribution < 1.29 is 9.59 Å². The summed E-state index contributed by atoms with van der Waals surface area (Å²) in [4.78, 5) is 32.9. The lowest BCUT2D eigenvalue weighted by Crippen LogP contribution is -2.23. The fourth-order valence-electron chi connectivity index (χ4n) is 2.09. The van der Waals surface area contributed by atoms with E-state index in [0.717, 1.165) is 11.7 Å². The molecule has 4 rings (SSSR count). The van der Waals surface area contributed by atoms with Crippen LogP contribution >= 0.6 is 11.7 Å². The molecule has 0 atom stereocenters. The Morgan fingerprint density at radius 2 is 1.26 bits per heavy atom. The molecule has 1 aromatic carbocycles. The summed E-state index contributed by atoms with van der Waals surface area (Å²) in [5.41, 5.74) is 1.43. The van der Waals surface area contributed by atoms with E-state index in [9.17, 15) is 9.59 Å². The Balaban J connectivity index is 2.09. The summed E-state index contributed by atoms with van der Waals surface area (Å²) in [6.45, 7) is 0. The highest BCUT2D eigenvalue weighted by Crippen LogP contribution is 2.25. The second-order valence-corrected chi connectivity index (χ2v) is 4.56. The van der Waals surface area contributed by atoms with Gasteiger partial charge in [0.2, 0.25) is 22.9 Å². The number of aromatic nitrogens is 4. The highest BCUT2D eigenvalue weighted by molar-refractivity contribution is 6.99. The number of ketones is 2. The average molecular weight is 268 g/mol. The van der Waals surface area contributed by atoms with E-state index in [4.69, 9.17) is 0 Å². The van der Waals surface area contributed by atoms with Crippen LogP contribution in [-0.2, 0) is 0 Å². The lowest BCUT2D eigenvalue weighted by Gasteiger charge is -2.14. The maximum atomic E-state index is 12.3. The number of nitrogens with zero attached hydrogens (tertiary/aromatic N) is 4. The Morgan fingerprint density at radius 3 is 1.74 bits per heavy atom. The predicted molar refractivity (Wildman–Crippen MR) is 66.3 cm³/mol. The van der Waals surface area contributed by atoms with Gasteiger partial charge in [0.1, 0.15) is 11.4 Å². The molecule has 0 spiro atoms. The normalized spacial score (nSPS) is 13.5. The molecule has 3 aromatic rings. The lowest BCUT2D eigenvalue weighted by atomic mass is 9.90. The van der Waals surface area contributed by atoms with Gasteiger partial charge in [0.05, 0.1) is 11.7 Å². The summed E-state index contributed by atoms with van der Waals surface area (Å²) in [6.07, 6.45) is 0. The second-order valence-electron chi connectivity index (χ2n) is 4.04.